The molecule has 2 rings (SSSR count). The molecule has 0 saturated carbocycles. The number of aromatic nitrogens is 2. The fourth-order valence-electron chi connectivity index (χ4n) is 1.45. The molecule has 0 aliphatic rings. The van der Waals surface area contributed by atoms with Gasteiger partial charge in [0, 0.05) is 19.4 Å². The minimum atomic E-state index is -1.15. The molecule has 0 spiro atoms. The van der Waals surface area contributed by atoms with Crippen LogP contribution in [0.2, 0.25) is 0 Å². The summed E-state index contributed by atoms with van der Waals surface area (Å²) >= 11 is 0. The van der Waals surface area contributed by atoms with Gasteiger partial charge in [-0.05, 0) is 18.2 Å². The Morgan fingerprint density at radius 2 is 2.25 bits per heavy atom. The van der Waals surface area contributed by atoms with Crippen LogP contribution in [0.3, 0.4) is 0 Å². The number of aromatic carboxylic acids is 1. The molecule has 0 aliphatic carbocycles. The fourth-order valence-corrected chi connectivity index (χ4v) is 1.45. The molecule has 1 N–H and O–H groups in total. The molecule has 0 aliphatic heterocycles. The van der Waals surface area contributed by atoms with Crippen LogP contribution in [0.4, 0.5) is 4.39 Å². The van der Waals surface area contributed by atoms with Crippen molar-refractivity contribution in [1.29, 1.82) is 0 Å². The summed E-state index contributed by atoms with van der Waals surface area (Å²) in [6, 6.07) is 3.77. The maximum absolute atomic E-state index is 13.6. The summed E-state index contributed by atoms with van der Waals surface area (Å²) in [6.07, 6.45) is 3.25. The van der Waals surface area contributed by atoms with E-state index >= 15 is 0 Å². The van der Waals surface area contributed by atoms with Crippen molar-refractivity contribution in [3.05, 3.63) is 42.0 Å². The molecule has 1 heterocycles. The Kier molecular flexibility index (Phi) is 2.44. The first-order valence-corrected chi connectivity index (χ1v) is 4.60. The first kappa shape index (κ1) is 10.4. The predicted octanol–water partition coefficient (Wildman–Crippen LogP) is 1.92. The van der Waals surface area contributed by atoms with Gasteiger partial charge in [-0.2, -0.15) is 0 Å². The molecule has 1 aromatic heterocycles. The number of carbonyl (C=O) groups is 1. The van der Waals surface area contributed by atoms with E-state index in [1.807, 2.05) is 0 Å². The van der Waals surface area contributed by atoms with Crippen molar-refractivity contribution in [2.45, 2.75) is 0 Å². The van der Waals surface area contributed by atoms with Gasteiger partial charge in [0.2, 0.25) is 0 Å². The minimum Gasteiger partial charge on any atom is -0.478 e. The molecule has 82 valence electrons. The summed E-state index contributed by atoms with van der Waals surface area (Å²) in [5.41, 5.74) is 0.216. The van der Waals surface area contributed by atoms with Gasteiger partial charge in [0.25, 0.3) is 0 Å². The molecular weight excluding hydrogens is 211 g/mol. The number of rotatable bonds is 2. The van der Waals surface area contributed by atoms with Gasteiger partial charge in [0.05, 0.1) is 11.1 Å². The highest BCUT2D eigenvalue weighted by Crippen LogP contribution is 2.21. The number of halogens is 1. The molecule has 0 bridgehead atoms. The van der Waals surface area contributed by atoms with Crippen molar-refractivity contribution in [3.8, 4) is 11.4 Å². The maximum Gasteiger partial charge on any atom is 0.335 e. The first-order valence-electron chi connectivity index (χ1n) is 4.60. The van der Waals surface area contributed by atoms with E-state index in [0.717, 1.165) is 6.07 Å². The summed E-state index contributed by atoms with van der Waals surface area (Å²) < 4.78 is 15.3. The van der Waals surface area contributed by atoms with Gasteiger partial charge in [-0.1, -0.05) is 0 Å². The van der Waals surface area contributed by atoms with Crippen molar-refractivity contribution in [3.63, 3.8) is 0 Å². The van der Waals surface area contributed by atoms with Crippen molar-refractivity contribution >= 4 is 5.97 Å². The van der Waals surface area contributed by atoms with Crippen molar-refractivity contribution in [2.75, 3.05) is 0 Å². The molecular formula is C11H9FN2O2. The number of hydrogen-bond donors (Lipinski definition) is 1. The fraction of sp³-hybridized carbons (Fsp3) is 0.0909. The smallest absolute Gasteiger partial charge is 0.335 e. The minimum absolute atomic E-state index is 0.0736. The molecule has 0 atom stereocenters. The highest BCUT2D eigenvalue weighted by molar-refractivity contribution is 5.88. The largest absolute Gasteiger partial charge is 0.478 e. The number of carboxylic acid groups (broad SMARTS) is 1. The number of carboxylic acids is 1. The molecule has 5 heteroatoms. The van der Waals surface area contributed by atoms with Crippen LogP contribution in [-0.4, -0.2) is 20.6 Å². The van der Waals surface area contributed by atoms with E-state index in [1.54, 1.807) is 24.0 Å². The Hall–Kier alpha value is -2.17. The van der Waals surface area contributed by atoms with Crippen molar-refractivity contribution in [2.24, 2.45) is 7.05 Å². The molecule has 0 fully saturated rings. The van der Waals surface area contributed by atoms with Gasteiger partial charge in [0.1, 0.15) is 11.6 Å². The summed E-state index contributed by atoms with van der Waals surface area (Å²) in [4.78, 5) is 14.6. The lowest BCUT2D eigenvalue weighted by Crippen LogP contribution is -1.99. The van der Waals surface area contributed by atoms with Crippen LogP contribution < -0.4 is 0 Å². The van der Waals surface area contributed by atoms with E-state index in [4.69, 9.17) is 5.11 Å². The lowest BCUT2D eigenvalue weighted by molar-refractivity contribution is 0.0696. The van der Waals surface area contributed by atoms with Crippen LogP contribution in [0, 0.1) is 5.82 Å². The zero-order valence-corrected chi connectivity index (χ0v) is 8.51. The Morgan fingerprint density at radius 1 is 1.50 bits per heavy atom. The Balaban J connectivity index is 2.52. The summed E-state index contributed by atoms with van der Waals surface area (Å²) in [7, 11) is 1.74. The van der Waals surface area contributed by atoms with Gasteiger partial charge < -0.3 is 9.67 Å². The summed E-state index contributed by atoms with van der Waals surface area (Å²) in [5, 5.41) is 8.70. The van der Waals surface area contributed by atoms with Crippen LogP contribution in [-0.2, 0) is 7.05 Å². The van der Waals surface area contributed by atoms with E-state index in [9.17, 15) is 9.18 Å². The molecule has 4 nitrogen and oxygen atoms in total. The van der Waals surface area contributed by atoms with Gasteiger partial charge in [-0.25, -0.2) is 14.2 Å². The van der Waals surface area contributed by atoms with Gasteiger partial charge in [-0.3, -0.25) is 0 Å². The van der Waals surface area contributed by atoms with Crippen molar-refractivity contribution < 1.29 is 14.3 Å². The lowest BCUT2D eigenvalue weighted by Gasteiger charge is -2.04. The molecule has 0 unspecified atom stereocenters. The Labute approximate surface area is 91.0 Å². The maximum atomic E-state index is 13.6. The van der Waals surface area contributed by atoms with Gasteiger partial charge in [-0.15, -0.1) is 0 Å². The SMILES string of the molecule is Cn1ccnc1-c1ccc(C(=O)O)cc1F. The summed E-state index contributed by atoms with van der Waals surface area (Å²) in [5.74, 6) is -1.27. The average molecular weight is 220 g/mol. The molecule has 1 aromatic carbocycles. The predicted molar refractivity (Wildman–Crippen MR) is 55.6 cm³/mol. The molecule has 0 amide bonds. The van der Waals surface area contributed by atoms with Crippen LogP contribution in [0.25, 0.3) is 11.4 Å². The zero-order valence-electron chi connectivity index (χ0n) is 8.51. The van der Waals surface area contributed by atoms with Gasteiger partial charge in [0.15, 0.2) is 0 Å². The number of hydrogen-bond acceptors (Lipinski definition) is 2. The van der Waals surface area contributed by atoms with E-state index in [0.29, 0.717) is 5.82 Å². The van der Waals surface area contributed by atoms with Crippen LogP contribution in [0.1, 0.15) is 10.4 Å². The topological polar surface area (TPSA) is 55.1 Å². The molecule has 0 saturated heterocycles. The van der Waals surface area contributed by atoms with Crippen LogP contribution in [0.15, 0.2) is 30.6 Å². The third kappa shape index (κ3) is 1.67. The standard InChI is InChI=1S/C11H9FN2O2/c1-14-5-4-13-10(14)8-3-2-7(11(15)16)6-9(8)12/h2-6H,1H3,(H,15,16). The second-order valence-corrected chi connectivity index (χ2v) is 3.36. The molecule has 2 aromatic rings. The second kappa shape index (κ2) is 3.77. The van der Waals surface area contributed by atoms with Crippen molar-refractivity contribution in [1.82, 2.24) is 9.55 Å². The Morgan fingerprint density at radius 3 is 2.75 bits per heavy atom. The first-order chi connectivity index (χ1) is 7.59. The third-order valence-electron chi connectivity index (χ3n) is 2.28. The second-order valence-electron chi connectivity index (χ2n) is 3.36. The number of aryl methyl sites for hydroxylation is 1. The molecule has 16 heavy (non-hydrogen) atoms. The highest BCUT2D eigenvalue weighted by Gasteiger charge is 2.12. The van der Waals surface area contributed by atoms with Crippen LogP contribution >= 0.6 is 0 Å². The van der Waals surface area contributed by atoms with E-state index in [2.05, 4.69) is 4.98 Å². The number of benzene rings is 1. The van der Waals surface area contributed by atoms with Crippen LogP contribution in [0.5, 0.6) is 0 Å². The van der Waals surface area contributed by atoms with E-state index in [-0.39, 0.29) is 11.1 Å². The van der Waals surface area contributed by atoms with E-state index in [1.165, 1.54) is 12.1 Å². The van der Waals surface area contributed by atoms with Gasteiger partial charge >= 0.3 is 5.97 Å². The highest BCUT2D eigenvalue weighted by atomic mass is 19.1. The normalized spacial score (nSPS) is 10.4. The third-order valence-corrected chi connectivity index (χ3v) is 2.28. The zero-order chi connectivity index (χ0) is 11.7. The van der Waals surface area contributed by atoms with E-state index < -0.39 is 11.8 Å². The number of nitrogens with zero attached hydrogens (tertiary/aromatic N) is 2. The monoisotopic (exact) mass is 220 g/mol. The molecule has 0 radical (unpaired) electrons. The lowest BCUT2D eigenvalue weighted by atomic mass is 10.1. The average Bonchev–Trinajstić information content (AvgIpc) is 2.64. The quantitative estimate of drug-likeness (QED) is 0.841. The summed E-state index contributed by atoms with van der Waals surface area (Å²) in [6.45, 7) is 0. The Bertz CT molecular complexity index is 549. The number of imidazole rings is 1.